The van der Waals surface area contributed by atoms with E-state index in [9.17, 15) is 9.59 Å². The summed E-state index contributed by atoms with van der Waals surface area (Å²) in [6.07, 6.45) is 5.63. The molecule has 124 valence electrons. The highest BCUT2D eigenvalue weighted by Crippen LogP contribution is 2.59. The number of carbonyl (C=O) groups is 2. The van der Waals surface area contributed by atoms with Crippen molar-refractivity contribution in [3.05, 3.63) is 42.2 Å². The first-order valence-electron chi connectivity index (χ1n) is 8.08. The second-order valence-electron chi connectivity index (χ2n) is 6.65. The van der Waals surface area contributed by atoms with Crippen LogP contribution in [0.2, 0.25) is 0 Å². The Morgan fingerprint density at radius 3 is 2.67 bits per heavy atom. The van der Waals surface area contributed by atoms with Crippen LogP contribution >= 0.6 is 0 Å². The highest BCUT2D eigenvalue weighted by molar-refractivity contribution is 5.94. The number of nitrogens with zero attached hydrogens (tertiary/aromatic N) is 4. The second-order valence-corrected chi connectivity index (χ2v) is 6.65. The Balaban J connectivity index is 1.46. The maximum absolute atomic E-state index is 12.7. The lowest BCUT2D eigenvalue weighted by Gasteiger charge is -2.32. The summed E-state index contributed by atoms with van der Waals surface area (Å²) in [6, 6.07) is 7.30. The van der Waals surface area contributed by atoms with Crippen molar-refractivity contribution in [2.75, 3.05) is 13.1 Å². The Morgan fingerprint density at radius 2 is 2.04 bits per heavy atom. The average molecular weight is 326 g/mol. The largest absolute Gasteiger partial charge is 0.481 e. The molecule has 1 aromatic carbocycles. The van der Waals surface area contributed by atoms with Crippen LogP contribution in [-0.4, -0.2) is 50.0 Å². The number of aliphatic carboxylic acids is 1. The first-order valence-corrected chi connectivity index (χ1v) is 8.08. The second kappa shape index (κ2) is 5.43. The van der Waals surface area contributed by atoms with Crippen molar-refractivity contribution in [1.82, 2.24) is 19.9 Å². The van der Waals surface area contributed by atoms with Gasteiger partial charge in [0.25, 0.3) is 5.91 Å². The first-order chi connectivity index (χ1) is 11.6. The molecule has 24 heavy (non-hydrogen) atoms. The third kappa shape index (κ3) is 2.46. The predicted octanol–water partition coefficient (Wildman–Crippen LogP) is 1.59. The molecule has 1 spiro atoms. The van der Waals surface area contributed by atoms with Gasteiger partial charge in [0.1, 0.15) is 0 Å². The molecule has 2 fully saturated rings. The predicted molar refractivity (Wildman–Crippen MR) is 84.7 cm³/mol. The smallest absolute Gasteiger partial charge is 0.307 e. The fraction of sp³-hybridized carbons (Fsp3) is 0.412. The minimum absolute atomic E-state index is 0.0145. The van der Waals surface area contributed by atoms with Gasteiger partial charge in [-0.1, -0.05) is 11.3 Å². The van der Waals surface area contributed by atoms with Crippen molar-refractivity contribution >= 4 is 11.9 Å². The highest BCUT2D eigenvalue weighted by atomic mass is 16.4. The Hall–Kier alpha value is -2.70. The molecule has 1 amide bonds. The summed E-state index contributed by atoms with van der Waals surface area (Å²) < 4.78 is 1.61. The van der Waals surface area contributed by atoms with Gasteiger partial charge in [-0.25, -0.2) is 4.68 Å². The normalized spacial score (nSPS) is 21.7. The zero-order valence-corrected chi connectivity index (χ0v) is 13.1. The van der Waals surface area contributed by atoms with Crippen molar-refractivity contribution in [2.24, 2.45) is 11.3 Å². The van der Waals surface area contributed by atoms with E-state index >= 15 is 0 Å². The molecule has 1 saturated carbocycles. The number of likely N-dealkylation sites (tertiary alicyclic amines) is 1. The Bertz CT molecular complexity index is 779. The number of rotatable bonds is 3. The van der Waals surface area contributed by atoms with E-state index in [1.54, 1.807) is 29.2 Å². The number of carboxylic acids is 1. The topological polar surface area (TPSA) is 88.3 Å². The SMILES string of the molecule is O=C(O)C1CC12CCN(C(=O)c1cccc(-n3ccnn3)c1)CC2. The Labute approximate surface area is 138 Å². The molecule has 1 aromatic heterocycles. The monoisotopic (exact) mass is 326 g/mol. The van der Waals surface area contributed by atoms with Gasteiger partial charge < -0.3 is 10.0 Å². The first kappa shape index (κ1) is 14.9. The summed E-state index contributed by atoms with van der Waals surface area (Å²) in [5, 5.41) is 16.9. The fourth-order valence-corrected chi connectivity index (χ4v) is 3.71. The van der Waals surface area contributed by atoms with Crippen LogP contribution in [0.25, 0.3) is 5.69 Å². The fourth-order valence-electron chi connectivity index (χ4n) is 3.71. The van der Waals surface area contributed by atoms with E-state index in [0.717, 1.165) is 24.9 Å². The zero-order chi connectivity index (χ0) is 16.7. The van der Waals surface area contributed by atoms with E-state index in [-0.39, 0.29) is 17.2 Å². The van der Waals surface area contributed by atoms with Crippen LogP contribution in [0.5, 0.6) is 0 Å². The summed E-state index contributed by atoms with van der Waals surface area (Å²) in [5.41, 5.74) is 1.34. The summed E-state index contributed by atoms with van der Waals surface area (Å²) in [5.74, 6) is -0.931. The van der Waals surface area contributed by atoms with Gasteiger partial charge in [-0.2, -0.15) is 0 Å². The van der Waals surface area contributed by atoms with Crippen LogP contribution in [-0.2, 0) is 4.79 Å². The van der Waals surface area contributed by atoms with Gasteiger partial charge in [0.15, 0.2) is 0 Å². The number of hydrogen-bond acceptors (Lipinski definition) is 4. The summed E-state index contributed by atoms with van der Waals surface area (Å²) in [6.45, 7) is 1.24. The van der Waals surface area contributed by atoms with Crippen LogP contribution in [0.3, 0.4) is 0 Å². The summed E-state index contributed by atoms with van der Waals surface area (Å²) >= 11 is 0. The van der Waals surface area contributed by atoms with Gasteiger partial charge in [0, 0.05) is 18.7 Å². The molecule has 1 aliphatic heterocycles. The van der Waals surface area contributed by atoms with E-state index < -0.39 is 5.97 Å². The van der Waals surface area contributed by atoms with Crippen LogP contribution < -0.4 is 0 Å². The maximum Gasteiger partial charge on any atom is 0.307 e. The van der Waals surface area contributed by atoms with E-state index in [2.05, 4.69) is 10.3 Å². The molecule has 2 heterocycles. The molecule has 1 unspecified atom stereocenters. The molecule has 4 rings (SSSR count). The van der Waals surface area contributed by atoms with Crippen LogP contribution in [0.4, 0.5) is 0 Å². The third-order valence-electron chi connectivity index (χ3n) is 5.31. The number of carboxylic acid groups (broad SMARTS) is 1. The van der Waals surface area contributed by atoms with Crippen LogP contribution in [0, 0.1) is 11.3 Å². The summed E-state index contributed by atoms with van der Waals surface area (Å²) in [4.78, 5) is 25.7. The molecule has 1 saturated heterocycles. The number of benzene rings is 1. The minimum atomic E-state index is -0.699. The Morgan fingerprint density at radius 1 is 1.25 bits per heavy atom. The molecule has 0 bridgehead atoms. The summed E-state index contributed by atoms with van der Waals surface area (Å²) in [7, 11) is 0. The molecule has 1 N–H and O–H groups in total. The number of aromatic nitrogens is 3. The average Bonchev–Trinajstić information content (AvgIpc) is 3.05. The van der Waals surface area contributed by atoms with Gasteiger partial charge in [0.05, 0.1) is 24.0 Å². The zero-order valence-electron chi connectivity index (χ0n) is 13.1. The van der Waals surface area contributed by atoms with Gasteiger partial charge in [-0.3, -0.25) is 9.59 Å². The van der Waals surface area contributed by atoms with Gasteiger partial charge in [0.2, 0.25) is 0 Å². The van der Waals surface area contributed by atoms with Gasteiger partial charge in [-0.05, 0) is 42.9 Å². The van der Waals surface area contributed by atoms with E-state index in [4.69, 9.17) is 5.11 Å². The van der Waals surface area contributed by atoms with Crippen molar-refractivity contribution < 1.29 is 14.7 Å². The van der Waals surface area contributed by atoms with Crippen molar-refractivity contribution in [1.29, 1.82) is 0 Å². The molecule has 2 aromatic rings. The molecular weight excluding hydrogens is 308 g/mol. The molecule has 2 aliphatic rings. The molecular formula is C17H18N4O3. The van der Waals surface area contributed by atoms with Crippen LogP contribution in [0.15, 0.2) is 36.7 Å². The quantitative estimate of drug-likeness (QED) is 0.925. The lowest BCUT2D eigenvalue weighted by molar-refractivity contribution is -0.139. The highest BCUT2D eigenvalue weighted by Gasteiger charge is 2.59. The number of piperidine rings is 1. The number of carbonyl (C=O) groups excluding carboxylic acids is 1. The van der Waals surface area contributed by atoms with E-state index in [1.165, 1.54) is 0 Å². The Kier molecular flexibility index (Phi) is 3.37. The number of amides is 1. The van der Waals surface area contributed by atoms with E-state index in [0.29, 0.717) is 18.7 Å². The molecule has 1 aliphatic carbocycles. The standard InChI is InChI=1S/C17H18N4O3/c22-15(12-2-1-3-13(10-12)21-9-6-18-19-21)20-7-4-17(5-8-20)11-14(17)16(23)24/h1-3,6,9-10,14H,4-5,7-8,11H2,(H,23,24). The van der Waals surface area contributed by atoms with Crippen LogP contribution in [0.1, 0.15) is 29.6 Å². The molecule has 7 nitrogen and oxygen atoms in total. The molecule has 7 heteroatoms. The van der Waals surface area contributed by atoms with Crippen molar-refractivity contribution in [2.45, 2.75) is 19.3 Å². The van der Waals surface area contributed by atoms with Crippen molar-refractivity contribution in [3.8, 4) is 5.69 Å². The third-order valence-corrected chi connectivity index (χ3v) is 5.31. The number of hydrogen-bond donors (Lipinski definition) is 1. The van der Waals surface area contributed by atoms with E-state index in [1.807, 2.05) is 17.0 Å². The van der Waals surface area contributed by atoms with Gasteiger partial charge in [-0.15, -0.1) is 5.10 Å². The molecule has 0 radical (unpaired) electrons. The lowest BCUT2D eigenvalue weighted by Crippen LogP contribution is -2.40. The van der Waals surface area contributed by atoms with Gasteiger partial charge >= 0.3 is 5.97 Å². The maximum atomic E-state index is 12.7. The lowest BCUT2D eigenvalue weighted by atomic mass is 9.90. The minimum Gasteiger partial charge on any atom is -0.481 e. The molecule has 1 atom stereocenters. The van der Waals surface area contributed by atoms with Crippen molar-refractivity contribution in [3.63, 3.8) is 0 Å².